The van der Waals surface area contributed by atoms with Gasteiger partial charge in [0.05, 0.1) is 5.39 Å². The summed E-state index contributed by atoms with van der Waals surface area (Å²) in [5, 5.41) is 4.68. The molecule has 2 aromatic heterocycles. The third kappa shape index (κ3) is 2.76. The van der Waals surface area contributed by atoms with Crippen LogP contribution >= 0.6 is 22.9 Å². The van der Waals surface area contributed by atoms with Crippen molar-refractivity contribution < 1.29 is 9.47 Å². The molecule has 0 amide bonds. The summed E-state index contributed by atoms with van der Waals surface area (Å²) in [7, 11) is 0. The molecular formula is C17H16ClN3O2S. The number of thiophene rings is 1. The molecular weight excluding hydrogens is 346 g/mol. The van der Waals surface area contributed by atoms with Gasteiger partial charge in [-0.15, -0.1) is 11.3 Å². The third-order valence-electron chi connectivity index (χ3n) is 4.07. The molecule has 3 aromatic rings. The maximum absolute atomic E-state index is 6.07. The van der Waals surface area contributed by atoms with Crippen molar-refractivity contribution in [2.24, 2.45) is 0 Å². The molecule has 5 nitrogen and oxygen atoms in total. The summed E-state index contributed by atoms with van der Waals surface area (Å²) in [6, 6.07) is 5.95. The first-order chi connectivity index (χ1) is 11.6. The molecule has 0 radical (unpaired) electrons. The molecule has 0 atom stereocenters. The second kappa shape index (κ2) is 6.11. The van der Waals surface area contributed by atoms with Crippen LogP contribution in [0.2, 0.25) is 5.28 Å². The van der Waals surface area contributed by atoms with Crippen molar-refractivity contribution in [3.63, 3.8) is 0 Å². The van der Waals surface area contributed by atoms with E-state index < -0.39 is 0 Å². The van der Waals surface area contributed by atoms with Crippen LogP contribution in [0.1, 0.15) is 16.0 Å². The van der Waals surface area contributed by atoms with Crippen LogP contribution in [0.25, 0.3) is 10.2 Å². The Hall–Kier alpha value is -2.05. The van der Waals surface area contributed by atoms with Crippen molar-refractivity contribution in [2.75, 3.05) is 18.5 Å². The molecule has 0 fully saturated rings. The predicted molar refractivity (Wildman–Crippen MR) is 96.7 cm³/mol. The molecule has 1 aromatic carbocycles. The number of anilines is 1. The second-order valence-electron chi connectivity index (χ2n) is 5.64. The number of nitrogens with one attached hydrogen (secondary N) is 1. The lowest BCUT2D eigenvalue weighted by atomic mass is 10.1. The van der Waals surface area contributed by atoms with Crippen molar-refractivity contribution in [3.05, 3.63) is 39.5 Å². The minimum Gasteiger partial charge on any atom is -0.486 e. The number of benzene rings is 1. The SMILES string of the molecule is Cc1sc2nc(Cl)nc(NCc3ccc4c(c3)OCCO4)c2c1C. The van der Waals surface area contributed by atoms with Crippen molar-refractivity contribution in [1.82, 2.24) is 9.97 Å². The predicted octanol–water partition coefficient (Wildman–Crippen LogP) is 4.34. The van der Waals surface area contributed by atoms with Gasteiger partial charge >= 0.3 is 0 Å². The van der Waals surface area contributed by atoms with Gasteiger partial charge in [0.25, 0.3) is 0 Å². The van der Waals surface area contributed by atoms with E-state index in [9.17, 15) is 0 Å². The molecule has 24 heavy (non-hydrogen) atoms. The molecule has 0 bridgehead atoms. The lowest BCUT2D eigenvalue weighted by Gasteiger charge is -2.19. The fourth-order valence-corrected chi connectivity index (χ4v) is 3.98. The molecule has 0 unspecified atom stereocenters. The fourth-order valence-electron chi connectivity index (χ4n) is 2.74. The van der Waals surface area contributed by atoms with Gasteiger partial charge < -0.3 is 14.8 Å². The largest absolute Gasteiger partial charge is 0.486 e. The van der Waals surface area contributed by atoms with Crippen LogP contribution in [-0.2, 0) is 6.54 Å². The van der Waals surface area contributed by atoms with Crippen molar-refractivity contribution in [3.8, 4) is 11.5 Å². The molecule has 4 rings (SSSR count). The van der Waals surface area contributed by atoms with Crippen molar-refractivity contribution >= 4 is 39.0 Å². The molecule has 3 heterocycles. The summed E-state index contributed by atoms with van der Waals surface area (Å²) in [5.41, 5.74) is 2.28. The Morgan fingerprint density at radius 3 is 2.79 bits per heavy atom. The van der Waals surface area contributed by atoms with Gasteiger partial charge in [-0.3, -0.25) is 0 Å². The summed E-state index contributed by atoms with van der Waals surface area (Å²) < 4.78 is 11.2. The van der Waals surface area contributed by atoms with Gasteiger partial charge in [0, 0.05) is 11.4 Å². The van der Waals surface area contributed by atoms with Crippen LogP contribution < -0.4 is 14.8 Å². The van der Waals surface area contributed by atoms with E-state index in [2.05, 4.69) is 29.1 Å². The van der Waals surface area contributed by atoms with Gasteiger partial charge in [-0.05, 0) is 48.7 Å². The molecule has 124 valence electrons. The molecule has 7 heteroatoms. The smallest absolute Gasteiger partial charge is 0.225 e. The van der Waals surface area contributed by atoms with E-state index in [1.807, 2.05) is 18.2 Å². The van der Waals surface area contributed by atoms with Crippen molar-refractivity contribution in [1.29, 1.82) is 0 Å². The maximum atomic E-state index is 6.07. The Morgan fingerprint density at radius 1 is 1.17 bits per heavy atom. The Balaban J connectivity index is 1.63. The number of nitrogens with zero attached hydrogens (tertiary/aromatic N) is 2. The number of ether oxygens (including phenoxy) is 2. The molecule has 0 aliphatic carbocycles. The van der Waals surface area contributed by atoms with Gasteiger partial charge in [0.2, 0.25) is 5.28 Å². The minimum atomic E-state index is 0.258. The average molecular weight is 362 g/mol. The molecule has 1 aliphatic rings. The van der Waals surface area contributed by atoms with Crippen LogP contribution in [0.5, 0.6) is 11.5 Å². The number of hydrogen-bond donors (Lipinski definition) is 1. The van der Waals surface area contributed by atoms with E-state index in [4.69, 9.17) is 21.1 Å². The molecule has 1 N–H and O–H groups in total. The highest BCUT2D eigenvalue weighted by atomic mass is 35.5. The monoisotopic (exact) mass is 361 g/mol. The van der Waals surface area contributed by atoms with Crippen LogP contribution in [-0.4, -0.2) is 23.2 Å². The van der Waals surface area contributed by atoms with Gasteiger partial charge in [0.1, 0.15) is 23.9 Å². The third-order valence-corrected chi connectivity index (χ3v) is 5.34. The minimum absolute atomic E-state index is 0.258. The number of rotatable bonds is 3. The summed E-state index contributed by atoms with van der Waals surface area (Å²) in [5.74, 6) is 2.34. The summed E-state index contributed by atoms with van der Waals surface area (Å²) in [6.45, 7) is 5.96. The first kappa shape index (κ1) is 15.5. The van der Waals surface area contributed by atoms with Gasteiger partial charge in [-0.2, -0.15) is 0 Å². The topological polar surface area (TPSA) is 56.3 Å². The van der Waals surface area contributed by atoms with E-state index in [-0.39, 0.29) is 5.28 Å². The highest BCUT2D eigenvalue weighted by Gasteiger charge is 2.15. The molecule has 1 aliphatic heterocycles. The van der Waals surface area contributed by atoms with Crippen LogP contribution in [0.15, 0.2) is 18.2 Å². The molecule has 0 spiro atoms. The standard InChI is InChI=1S/C17H16ClN3O2S/c1-9-10(2)24-16-14(9)15(20-17(18)21-16)19-8-11-3-4-12-13(7-11)23-6-5-22-12/h3-4,7H,5-6,8H2,1-2H3,(H,19,20,21). The van der Waals surface area contributed by atoms with Crippen LogP contribution in [0.3, 0.4) is 0 Å². The van der Waals surface area contributed by atoms with Crippen LogP contribution in [0.4, 0.5) is 5.82 Å². The second-order valence-corrected chi connectivity index (χ2v) is 7.18. The summed E-state index contributed by atoms with van der Waals surface area (Å²) in [4.78, 5) is 10.8. The summed E-state index contributed by atoms with van der Waals surface area (Å²) >= 11 is 7.71. The number of halogens is 1. The zero-order chi connectivity index (χ0) is 16.7. The highest BCUT2D eigenvalue weighted by molar-refractivity contribution is 7.18. The number of aromatic nitrogens is 2. The molecule has 0 saturated heterocycles. The van der Waals surface area contributed by atoms with Crippen molar-refractivity contribution in [2.45, 2.75) is 20.4 Å². The lowest BCUT2D eigenvalue weighted by Crippen LogP contribution is -2.15. The van der Waals surface area contributed by atoms with E-state index in [0.29, 0.717) is 19.8 Å². The van der Waals surface area contributed by atoms with Crippen LogP contribution in [0, 0.1) is 13.8 Å². The first-order valence-electron chi connectivity index (χ1n) is 7.67. The Kier molecular flexibility index (Phi) is 3.94. The quantitative estimate of drug-likeness (QED) is 0.703. The van der Waals surface area contributed by atoms with E-state index in [0.717, 1.165) is 33.1 Å². The summed E-state index contributed by atoms with van der Waals surface area (Å²) in [6.07, 6.45) is 0. The maximum Gasteiger partial charge on any atom is 0.225 e. The van der Waals surface area contributed by atoms with Gasteiger partial charge in [-0.25, -0.2) is 9.97 Å². The Morgan fingerprint density at radius 2 is 1.96 bits per heavy atom. The lowest BCUT2D eigenvalue weighted by molar-refractivity contribution is 0.171. The first-order valence-corrected chi connectivity index (χ1v) is 8.87. The van der Waals surface area contributed by atoms with Gasteiger partial charge in [0.15, 0.2) is 11.5 Å². The van der Waals surface area contributed by atoms with E-state index in [1.165, 1.54) is 10.4 Å². The average Bonchev–Trinajstić information content (AvgIpc) is 2.86. The number of aryl methyl sites for hydroxylation is 2. The fraction of sp³-hybridized carbons (Fsp3) is 0.294. The normalized spacial score (nSPS) is 13.3. The van der Waals surface area contributed by atoms with Gasteiger partial charge in [-0.1, -0.05) is 6.07 Å². The zero-order valence-electron chi connectivity index (χ0n) is 13.4. The Bertz CT molecular complexity index is 926. The molecule has 0 saturated carbocycles. The van der Waals surface area contributed by atoms with E-state index in [1.54, 1.807) is 11.3 Å². The van der Waals surface area contributed by atoms with E-state index >= 15 is 0 Å². The zero-order valence-corrected chi connectivity index (χ0v) is 14.9. The number of fused-ring (bicyclic) bond motifs is 2. The number of hydrogen-bond acceptors (Lipinski definition) is 6. The highest BCUT2D eigenvalue weighted by Crippen LogP contribution is 2.35. The Labute approximate surface area is 148 Å².